The van der Waals surface area contributed by atoms with Crippen LogP contribution in [0.1, 0.15) is 52.1 Å². The number of rotatable bonds is 4. The smallest absolute Gasteiger partial charge is 0.331 e. The highest BCUT2D eigenvalue weighted by Crippen LogP contribution is 2.36. The molecule has 0 radical (unpaired) electrons. The molecule has 7 heteroatoms. The summed E-state index contributed by atoms with van der Waals surface area (Å²) < 4.78 is 8.02. The first-order valence-corrected chi connectivity index (χ1v) is 11.5. The molecule has 0 bridgehead atoms. The second kappa shape index (κ2) is 8.83. The Labute approximate surface area is 201 Å². The molecule has 2 heterocycles. The Morgan fingerprint density at radius 2 is 1.83 bits per heavy atom. The first-order chi connectivity index (χ1) is 16.9. The minimum Gasteiger partial charge on any atom is -0.492 e. The number of oxime groups is 1. The maximum atomic E-state index is 13.3. The van der Waals surface area contributed by atoms with Gasteiger partial charge in [0, 0.05) is 53.4 Å². The molecule has 1 aliphatic rings. The highest BCUT2D eigenvalue weighted by molar-refractivity contribution is 6.47. The normalized spacial score (nSPS) is 14.6. The summed E-state index contributed by atoms with van der Waals surface area (Å²) in [5, 5.41) is 5.47. The molecular weight excluding hydrogens is 444 g/mol. The first-order valence-electron chi connectivity index (χ1n) is 11.5. The number of benzene rings is 3. The van der Waals surface area contributed by atoms with Crippen molar-refractivity contribution in [3.63, 3.8) is 0 Å². The second-order valence-corrected chi connectivity index (χ2v) is 8.53. The van der Waals surface area contributed by atoms with Crippen LogP contribution in [-0.4, -0.2) is 34.4 Å². The Hall–Kier alpha value is -4.26. The lowest BCUT2D eigenvalue weighted by Crippen LogP contribution is -2.15. The van der Waals surface area contributed by atoms with E-state index in [4.69, 9.17) is 9.57 Å². The lowest BCUT2D eigenvalue weighted by atomic mass is 9.97. The van der Waals surface area contributed by atoms with Crippen LogP contribution in [0, 0.1) is 6.92 Å². The standard InChI is InChI=1S/C28H24N2O5/c1-4-30-24-10-9-18(27(32)19-8-6-5-7-16(19)2)13-20(24)21-14-22-26(15-25(21)30)34-12-11-23(28(22)33)29-35-17(3)31/h5-10,13-15H,4,11-12H2,1-3H3/b29-23+. The van der Waals surface area contributed by atoms with Gasteiger partial charge in [-0.15, -0.1) is 0 Å². The Morgan fingerprint density at radius 3 is 2.57 bits per heavy atom. The average molecular weight is 469 g/mol. The summed E-state index contributed by atoms with van der Waals surface area (Å²) in [6, 6.07) is 16.9. The number of carbonyl (C=O) groups excluding carboxylic acids is 3. The zero-order valence-electron chi connectivity index (χ0n) is 19.8. The van der Waals surface area contributed by atoms with Crippen molar-refractivity contribution in [3.8, 4) is 5.75 Å². The van der Waals surface area contributed by atoms with Crippen molar-refractivity contribution >= 4 is 45.1 Å². The van der Waals surface area contributed by atoms with Gasteiger partial charge in [0.25, 0.3) is 0 Å². The van der Waals surface area contributed by atoms with E-state index in [-0.39, 0.29) is 30.3 Å². The van der Waals surface area contributed by atoms with E-state index >= 15 is 0 Å². The van der Waals surface area contributed by atoms with Crippen molar-refractivity contribution in [1.29, 1.82) is 0 Å². The molecule has 0 saturated heterocycles. The van der Waals surface area contributed by atoms with Crippen LogP contribution in [0.25, 0.3) is 21.8 Å². The summed E-state index contributed by atoms with van der Waals surface area (Å²) in [7, 11) is 0. The summed E-state index contributed by atoms with van der Waals surface area (Å²) in [5.74, 6) is -0.523. The zero-order valence-corrected chi connectivity index (χ0v) is 19.8. The van der Waals surface area contributed by atoms with Gasteiger partial charge in [-0.1, -0.05) is 29.4 Å². The highest BCUT2D eigenvalue weighted by atomic mass is 16.7. The number of carbonyl (C=O) groups is 3. The number of aromatic nitrogens is 1. The number of nitrogens with zero attached hydrogens (tertiary/aromatic N) is 2. The van der Waals surface area contributed by atoms with Crippen LogP contribution in [0.4, 0.5) is 0 Å². The van der Waals surface area contributed by atoms with Crippen LogP contribution in [0.3, 0.4) is 0 Å². The predicted molar refractivity (Wildman–Crippen MR) is 133 cm³/mol. The average Bonchev–Trinajstić information content (AvgIpc) is 3.07. The molecule has 0 spiro atoms. The molecule has 0 N–H and O–H groups in total. The summed E-state index contributed by atoms with van der Waals surface area (Å²) >= 11 is 0. The number of ketones is 2. The highest BCUT2D eigenvalue weighted by Gasteiger charge is 2.26. The van der Waals surface area contributed by atoms with Crippen molar-refractivity contribution in [2.75, 3.05) is 6.61 Å². The van der Waals surface area contributed by atoms with Gasteiger partial charge in [-0.2, -0.15) is 0 Å². The minimum absolute atomic E-state index is 0.0487. The third-order valence-electron chi connectivity index (χ3n) is 6.32. The molecule has 0 saturated carbocycles. The fourth-order valence-corrected chi connectivity index (χ4v) is 4.62. The van der Waals surface area contributed by atoms with Crippen molar-refractivity contribution in [2.24, 2.45) is 5.16 Å². The summed E-state index contributed by atoms with van der Waals surface area (Å²) in [4.78, 5) is 42.4. The molecule has 4 aromatic rings. The van der Waals surface area contributed by atoms with Crippen molar-refractivity contribution in [1.82, 2.24) is 4.57 Å². The van der Waals surface area contributed by atoms with E-state index in [1.54, 1.807) is 6.07 Å². The van der Waals surface area contributed by atoms with Gasteiger partial charge in [-0.3, -0.25) is 9.59 Å². The number of hydrogen-bond acceptors (Lipinski definition) is 6. The molecule has 0 atom stereocenters. The van der Waals surface area contributed by atoms with E-state index in [1.165, 1.54) is 6.92 Å². The second-order valence-electron chi connectivity index (χ2n) is 8.53. The summed E-state index contributed by atoms with van der Waals surface area (Å²) in [5.41, 5.74) is 4.52. The van der Waals surface area contributed by atoms with Gasteiger partial charge in [-0.25, -0.2) is 4.79 Å². The third kappa shape index (κ3) is 3.89. The maximum Gasteiger partial charge on any atom is 0.331 e. The molecule has 1 aliphatic heterocycles. The van der Waals surface area contributed by atoms with Gasteiger partial charge in [0.2, 0.25) is 5.78 Å². The molecule has 0 amide bonds. The zero-order chi connectivity index (χ0) is 24.7. The minimum atomic E-state index is -0.594. The molecular formula is C28H24N2O5. The number of aryl methyl sites for hydroxylation is 2. The fraction of sp³-hybridized carbons (Fsp3) is 0.214. The van der Waals surface area contributed by atoms with Crippen LogP contribution in [0.2, 0.25) is 0 Å². The molecule has 5 rings (SSSR count). The predicted octanol–water partition coefficient (Wildman–Crippen LogP) is 5.24. The van der Waals surface area contributed by atoms with E-state index in [1.807, 2.05) is 62.4 Å². The quantitative estimate of drug-likeness (QED) is 0.232. The monoisotopic (exact) mass is 468 g/mol. The number of hydrogen-bond donors (Lipinski definition) is 0. The Bertz CT molecular complexity index is 1560. The summed E-state index contributed by atoms with van der Waals surface area (Å²) in [6.45, 7) is 6.15. The molecule has 176 valence electrons. The Kier molecular flexibility index (Phi) is 5.68. The lowest BCUT2D eigenvalue weighted by molar-refractivity contribution is -0.140. The van der Waals surface area contributed by atoms with Gasteiger partial charge in [0.1, 0.15) is 11.5 Å². The number of Topliss-reactive ketones (excluding diaryl/α,β-unsaturated/α-hetero) is 1. The van der Waals surface area contributed by atoms with Gasteiger partial charge in [-0.05, 0) is 43.7 Å². The van der Waals surface area contributed by atoms with Crippen molar-refractivity contribution in [2.45, 2.75) is 33.7 Å². The Morgan fingerprint density at radius 1 is 1.06 bits per heavy atom. The van der Waals surface area contributed by atoms with E-state index in [2.05, 4.69) is 9.72 Å². The van der Waals surface area contributed by atoms with Crippen LogP contribution in [-0.2, 0) is 16.2 Å². The van der Waals surface area contributed by atoms with Gasteiger partial charge >= 0.3 is 5.97 Å². The topological polar surface area (TPSA) is 87.0 Å². The largest absolute Gasteiger partial charge is 0.492 e. The lowest BCUT2D eigenvalue weighted by Gasteiger charge is -2.08. The fourth-order valence-electron chi connectivity index (χ4n) is 4.62. The van der Waals surface area contributed by atoms with E-state index < -0.39 is 5.97 Å². The number of fused-ring (bicyclic) bond motifs is 4. The van der Waals surface area contributed by atoms with Gasteiger partial charge < -0.3 is 14.1 Å². The van der Waals surface area contributed by atoms with Crippen LogP contribution in [0.5, 0.6) is 5.75 Å². The molecule has 35 heavy (non-hydrogen) atoms. The van der Waals surface area contributed by atoms with E-state index in [9.17, 15) is 14.4 Å². The third-order valence-corrected chi connectivity index (χ3v) is 6.32. The van der Waals surface area contributed by atoms with Gasteiger partial charge in [0.15, 0.2) is 5.78 Å². The maximum absolute atomic E-state index is 13.3. The Balaban J connectivity index is 1.69. The molecule has 7 nitrogen and oxygen atoms in total. The molecule has 0 fully saturated rings. The molecule has 3 aromatic carbocycles. The van der Waals surface area contributed by atoms with Crippen LogP contribution in [0.15, 0.2) is 59.8 Å². The van der Waals surface area contributed by atoms with Crippen molar-refractivity contribution in [3.05, 3.63) is 76.9 Å². The van der Waals surface area contributed by atoms with Gasteiger partial charge in [0.05, 0.1) is 17.7 Å². The SMILES string of the molecule is CCn1c2ccc(C(=O)c3ccccc3C)cc2c2cc3c(cc21)OCC/C(=N\OC(C)=O)C3=O. The van der Waals surface area contributed by atoms with Crippen molar-refractivity contribution < 1.29 is 24.0 Å². The molecule has 1 aromatic heterocycles. The first kappa shape index (κ1) is 22.5. The molecule has 0 aliphatic carbocycles. The summed E-state index contributed by atoms with van der Waals surface area (Å²) in [6.07, 6.45) is 0.231. The number of ether oxygens (including phenoxy) is 1. The van der Waals surface area contributed by atoms with E-state index in [0.29, 0.717) is 29.0 Å². The molecule has 0 unspecified atom stereocenters. The van der Waals surface area contributed by atoms with E-state index in [0.717, 1.165) is 27.4 Å². The van der Waals surface area contributed by atoms with Crippen LogP contribution < -0.4 is 4.74 Å². The van der Waals surface area contributed by atoms with Crippen LogP contribution >= 0.6 is 0 Å².